The second kappa shape index (κ2) is 4.39. The zero-order valence-corrected chi connectivity index (χ0v) is 12.3. The van der Waals surface area contributed by atoms with Crippen LogP contribution in [-0.4, -0.2) is 6.79 Å². The van der Waals surface area contributed by atoms with E-state index in [1.54, 1.807) is 0 Å². The molecule has 1 aromatic carbocycles. The van der Waals surface area contributed by atoms with Crippen molar-refractivity contribution in [3.05, 3.63) is 23.8 Å². The predicted molar refractivity (Wildman–Crippen MR) is 80.0 cm³/mol. The van der Waals surface area contributed by atoms with Crippen LogP contribution in [-0.2, 0) is 0 Å². The van der Waals surface area contributed by atoms with E-state index in [1.807, 2.05) is 6.07 Å². The first-order valence-electron chi connectivity index (χ1n) is 8.43. The second-order valence-electron chi connectivity index (χ2n) is 7.65. The summed E-state index contributed by atoms with van der Waals surface area (Å²) in [5.74, 6) is 6.14. The van der Waals surface area contributed by atoms with Gasteiger partial charge in [-0.2, -0.15) is 0 Å². The fourth-order valence-electron chi connectivity index (χ4n) is 5.90. The molecule has 1 unspecified atom stereocenters. The van der Waals surface area contributed by atoms with Crippen LogP contribution in [0.3, 0.4) is 0 Å². The van der Waals surface area contributed by atoms with Gasteiger partial charge in [-0.3, -0.25) is 0 Å². The van der Waals surface area contributed by atoms with E-state index in [2.05, 4.69) is 12.1 Å². The molecule has 5 aliphatic rings. The lowest BCUT2D eigenvalue weighted by Gasteiger charge is -2.56. The van der Waals surface area contributed by atoms with Gasteiger partial charge in [0.2, 0.25) is 6.79 Å². The van der Waals surface area contributed by atoms with Crippen molar-refractivity contribution < 1.29 is 9.47 Å². The monoisotopic (exact) mass is 285 g/mol. The SMILES string of the molecule is NC(c1ccc2c(c1)OCO2)C1C2CC3CC(C2)CC1C3. The van der Waals surface area contributed by atoms with Gasteiger partial charge in [-0.25, -0.2) is 0 Å². The molecular weight excluding hydrogens is 262 g/mol. The largest absolute Gasteiger partial charge is 0.454 e. The number of ether oxygens (including phenoxy) is 2. The van der Waals surface area contributed by atoms with Gasteiger partial charge in [0.15, 0.2) is 11.5 Å². The third kappa shape index (κ3) is 1.83. The van der Waals surface area contributed by atoms with Crippen molar-refractivity contribution in [2.75, 3.05) is 6.79 Å². The summed E-state index contributed by atoms with van der Waals surface area (Å²) in [5, 5.41) is 0. The van der Waals surface area contributed by atoms with Crippen molar-refractivity contribution >= 4 is 0 Å². The van der Waals surface area contributed by atoms with Gasteiger partial charge in [0.1, 0.15) is 0 Å². The average Bonchev–Trinajstić information content (AvgIpc) is 2.93. The predicted octanol–water partition coefficient (Wildman–Crippen LogP) is 3.49. The van der Waals surface area contributed by atoms with Crippen LogP contribution >= 0.6 is 0 Å². The zero-order valence-electron chi connectivity index (χ0n) is 12.3. The topological polar surface area (TPSA) is 44.5 Å². The van der Waals surface area contributed by atoms with Crippen LogP contribution in [0.15, 0.2) is 18.2 Å². The molecule has 1 aromatic rings. The highest BCUT2D eigenvalue weighted by Crippen LogP contribution is 2.59. The highest BCUT2D eigenvalue weighted by Gasteiger charge is 2.50. The summed E-state index contributed by atoms with van der Waals surface area (Å²) in [6.45, 7) is 0.339. The van der Waals surface area contributed by atoms with Crippen LogP contribution < -0.4 is 15.2 Å². The molecule has 4 aliphatic carbocycles. The molecule has 0 amide bonds. The van der Waals surface area contributed by atoms with Gasteiger partial charge in [0.25, 0.3) is 0 Å². The maximum atomic E-state index is 6.72. The summed E-state index contributed by atoms with van der Waals surface area (Å²) in [6, 6.07) is 6.43. The molecule has 0 radical (unpaired) electrons. The Morgan fingerprint density at radius 3 is 2.29 bits per heavy atom. The molecule has 2 N–H and O–H groups in total. The first kappa shape index (κ1) is 12.3. The number of nitrogens with two attached hydrogens (primary N) is 1. The van der Waals surface area contributed by atoms with Crippen molar-refractivity contribution in [3.63, 3.8) is 0 Å². The first-order chi connectivity index (χ1) is 10.3. The third-order valence-electron chi connectivity index (χ3n) is 6.50. The van der Waals surface area contributed by atoms with Crippen molar-refractivity contribution in [2.45, 2.75) is 38.1 Å². The van der Waals surface area contributed by atoms with Gasteiger partial charge >= 0.3 is 0 Å². The summed E-state index contributed by atoms with van der Waals surface area (Å²) in [7, 11) is 0. The number of hydrogen-bond acceptors (Lipinski definition) is 3. The molecule has 3 heteroatoms. The van der Waals surface area contributed by atoms with E-state index in [0.29, 0.717) is 12.7 Å². The average molecular weight is 285 g/mol. The van der Waals surface area contributed by atoms with E-state index in [0.717, 1.165) is 35.2 Å². The summed E-state index contributed by atoms with van der Waals surface area (Å²) < 4.78 is 10.9. The molecular formula is C18H23NO2. The third-order valence-corrected chi connectivity index (χ3v) is 6.50. The molecule has 4 saturated carbocycles. The fourth-order valence-corrected chi connectivity index (χ4v) is 5.90. The van der Waals surface area contributed by atoms with Crippen LogP contribution in [0.1, 0.15) is 43.7 Å². The number of rotatable bonds is 2. The lowest BCUT2D eigenvalue weighted by atomic mass is 9.50. The Bertz CT molecular complexity index is 542. The zero-order chi connectivity index (χ0) is 14.0. The highest BCUT2D eigenvalue weighted by molar-refractivity contribution is 5.45. The smallest absolute Gasteiger partial charge is 0.231 e. The Hall–Kier alpha value is -1.22. The summed E-state index contributed by atoms with van der Waals surface area (Å²) >= 11 is 0. The van der Waals surface area contributed by atoms with Gasteiger partial charge in [-0.15, -0.1) is 0 Å². The van der Waals surface area contributed by atoms with Gasteiger partial charge in [0.05, 0.1) is 0 Å². The second-order valence-corrected chi connectivity index (χ2v) is 7.65. The van der Waals surface area contributed by atoms with E-state index >= 15 is 0 Å². The molecule has 1 aliphatic heterocycles. The molecule has 1 atom stereocenters. The molecule has 21 heavy (non-hydrogen) atoms. The van der Waals surface area contributed by atoms with E-state index in [1.165, 1.54) is 37.7 Å². The van der Waals surface area contributed by atoms with Gasteiger partial charge in [-0.1, -0.05) is 6.07 Å². The molecule has 4 bridgehead atoms. The minimum Gasteiger partial charge on any atom is -0.454 e. The highest BCUT2D eigenvalue weighted by atomic mass is 16.7. The van der Waals surface area contributed by atoms with Gasteiger partial charge in [-0.05, 0) is 79.4 Å². The Balaban J connectivity index is 1.44. The van der Waals surface area contributed by atoms with E-state index in [-0.39, 0.29) is 6.04 Å². The van der Waals surface area contributed by atoms with Crippen LogP contribution in [0, 0.1) is 29.6 Å². The molecule has 4 fully saturated rings. The summed E-state index contributed by atoms with van der Waals surface area (Å²) in [5.41, 5.74) is 7.95. The number of hydrogen-bond donors (Lipinski definition) is 1. The quantitative estimate of drug-likeness (QED) is 0.904. The summed E-state index contributed by atoms with van der Waals surface area (Å²) in [6.07, 6.45) is 7.21. The fraction of sp³-hybridized carbons (Fsp3) is 0.667. The van der Waals surface area contributed by atoms with Crippen LogP contribution in [0.4, 0.5) is 0 Å². The molecule has 112 valence electrons. The van der Waals surface area contributed by atoms with Crippen LogP contribution in [0.25, 0.3) is 0 Å². The lowest BCUT2D eigenvalue weighted by Crippen LogP contribution is -2.48. The van der Waals surface area contributed by atoms with E-state index < -0.39 is 0 Å². The maximum absolute atomic E-state index is 6.72. The Kier molecular flexibility index (Phi) is 2.58. The molecule has 0 saturated heterocycles. The Morgan fingerprint density at radius 1 is 0.905 bits per heavy atom. The molecule has 3 nitrogen and oxygen atoms in total. The van der Waals surface area contributed by atoms with Crippen LogP contribution in [0.5, 0.6) is 11.5 Å². The first-order valence-corrected chi connectivity index (χ1v) is 8.43. The Labute approximate surface area is 125 Å². The van der Waals surface area contributed by atoms with E-state index in [9.17, 15) is 0 Å². The van der Waals surface area contributed by atoms with Gasteiger partial charge in [0, 0.05) is 6.04 Å². The van der Waals surface area contributed by atoms with Gasteiger partial charge < -0.3 is 15.2 Å². The lowest BCUT2D eigenvalue weighted by molar-refractivity contribution is -0.0471. The van der Waals surface area contributed by atoms with Crippen molar-refractivity contribution in [2.24, 2.45) is 35.3 Å². The minimum absolute atomic E-state index is 0.162. The molecule has 1 heterocycles. The number of fused-ring (bicyclic) bond motifs is 1. The maximum Gasteiger partial charge on any atom is 0.231 e. The minimum atomic E-state index is 0.162. The molecule has 0 spiro atoms. The van der Waals surface area contributed by atoms with E-state index in [4.69, 9.17) is 15.2 Å². The molecule has 6 rings (SSSR count). The number of benzene rings is 1. The van der Waals surface area contributed by atoms with Crippen molar-refractivity contribution in [1.29, 1.82) is 0 Å². The normalized spacial score (nSPS) is 40.5. The van der Waals surface area contributed by atoms with Crippen molar-refractivity contribution in [1.82, 2.24) is 0 Å². The van der Waals surface area contributed by atoms with Crippen molar-refractivity contribution in [3.8, 4) is 11.5 Å². The Morgan fingerprint density at radius 2 is 1.57 bits per heavy atom. The van der Waals surface area contributed by atoms with Crippen LogP contribution in [0.2, 0.25) is 0 Å². The standard InChI is InChI=1S/C18H23NO2/c19-18(12-1-2-15-16(8-12)21-9-20-15)17-13-4-10-3-11(6-13)7-14(17)5-10/h1-2,8,10-11,13-14,17-18H,3-7,9,19H2. The summed E-state index contributed by atoms with van der Waals surface area (Å²) in [4.78, 5) is 0. The molecule has 0 aromatic heterocycles.